The van der Waals surface area contributed by atoms with Gasteiger partial charge in [0, 0.05) is 13.1 Å². The van der Waals surface area contributed by atoms with Crippen molar-refractivity contribution in [2.24, 2.45) is 0 Å². The SMILES string of the molecule is CCOc1ccccc1NC(=O)CSc1nnc(N2CCCCC2)n1-c1ccccc1OC. The van der Waals surface area contributed by atoms with Crippen molar-refractivity contribution in [2.45, 2.75) is 31.3 Å². The number of nitrogens with zero attached hydrogens (tertiary/aromatic N) is 4. The molecular weight excluding hydrogens is 438 g/mol. The number of anilines is 2. The van der Waals surface area contributed by atoms with Crippen LogP contribution in [0.4, 0.5) is 11.6 Å². The van der Waals surface area contributed by atoms with Crippen molar-refractivity contribution in [1.82, 2.24) is 14.8 Å². The molecule has 33 heavy (non-hydrogen) atoms. The van der Waals surface area contributed by atoms with Gasteiger partial charge in [-0.15, -0.1) is 10.2 Å². The van der Waals surface area contributed by atoms with E-state index in [0.29, 0.717) is 23.2 Å². The Kier molecular flexibility index (Phi) is 7.72. The fourth-order valence-corrected chi connectivity index (χ4v) is 4.59. The third kappa shape index (κ3) is 5.42. The first kappa shape index (κ1) is 23.0. The van der Waals surface area contributed by atoms with E-state index in [4.69, 9.17) is 9.47 Å². The maximum Gasteiger partial charge on any atom is 0.234 e. The van der Waals surface area contributed by atoms with Gasteiger partial charge < -0.3 is 19.7 Å². The number of ether oxygens (including phenoxy) is 2. The minimum Gasteiger partial charge on any atom is -0.495 e. The second kappa shape index (κ2) is 11.1. The monoisotopic (exact) mass is 467 g/mol. The highest BCUT2D eigenvalue weighted by molar-refractivity contribution is 7.99. The van der Waals surface area contributed by atoms with Crippen LogP contribution in [0, 0.1) is 0 Å². The average molecular weight is 468 g/mol. The third-order valence-electron chi connectivity index (χ3n) is 5.37. The van der Waals surface area contributed by atoms with E-state index in [1.54, 1.807) is 7.11 Å². The molecule has 2 aromatic carbocycles. The Morgan fingerprint density at radius 3 is 2.52 bits per heavy atom. The molecule has 0 unspecified atom stereocenters. The smallest absolute Gasteiger partial charge is 0.234 e. The lowest BCUT2D eigenvalue weighted by Crippen LogP contribution is -2.31. The molecule has 1 amide bonds. The van der Waals surface area contributed by atoms with Crippen molar-refractivity contribution >= 4 is 29.3 Å². The number of thioether (sulfide) groups is 1. The van der Waals surface area contributed by atoms with Crippen LogP contribution in [0.25, 0.3) is 5.69 Å². The van der Waals surface area contributed by atoms with Gasteiger partial charge in [0.15, 0.2) is 5.16 Å². The minimum absolute atomic E-state index is 0.138. The topological polar surface area (TPSA) is 81.5 Å². The molecule has 0 saturated carbocycles. The van der Waals surface area contributed by atoms with Gasteiger partial charge >= 0.3 is 0 Å². The molecule has 2 heterocycles. The number of carbonyl (C=O) groups excluding carboxylic acids is 1. The standard InChI is InChI=1S/C24H29N5O3S/c1-3-32-20-13-7-5-11-18(20)25-22(30)17-33-24-27-26-23(28-15-9-4-10-16-28)29(24)19-12-6-8-14-21(19)31-2/h5-8,11-14H,3-4,9-10,15-17H2,1-2H3,(H,25,30). The first-order chi connectivity index (χ1) is 16.2. The van der Waals surface area contributed by atoms with Crippen molar-refractivity contribution in [2.75, 3.05) is 42.8 Å². The van der Waals surface area contributed by atoms with E-state index < -0.39 is 0 Å². The molecule has 1 aromatic heterocycles. The lowest BCUT2D eigenvalue weighted by atomic mass is 10.1. The van der Waals surface area contributed by atoms with Crippen molar-refractivity contribution in [3.63, 3.8) is 0 Å². The van der Waals surface area contributed by atoms with Crippen molar-refractivity contribution in [1.29, 1.82) is 0 Å². The third-order valence-corrected chi connectivity index (χ3v) is 6.30. The lowest BCUT2D eigenvalue weighted by molar-refractivity contribution is -0.113. The molecule has 0 radical (unpaired) electrons. The summed E-state index contributed by atoms with van der Waals surface area (Å²) < 4.78 is 13.2. The van der Waals surface area contributed by atoms with Gasteiger partial charge in [-0.3, -0.25) is 9.36 Å². The van der Waals surface area contributed by atoms with Crippen LogP contribution in [0.3, 0.4) is 0 Å². The number of piperidine rings is 1. The van der Waals surface area contributed by atoms with Crippen LogP contribution in [0.15, 0.2) is 53.7 Å². The Morgan fingerprint density at radius 2 is 1.76 bits per heavy atom. The van der Waals surface area contributed by atoms with Gasteiger partial charge in [0.05, 0.1) is 30.8 Å². The second-order valence-electron chi connectivity index (χ2n) is 7.60. The molecule has 0 aliphatic carbocycles. The first-order valence-electron chi connectivity index (χ1n) is 11.2. The van der Waals surface area contributed by atoms with Crippen LogP contribution in [0.5, 0.6) is 11.5 Å². The van der Waals surface area contributed by atoms with E-state index >= 15 is 0 Å². The Hall–Kier alpha value is -3.20. The van der Waals surface area contributed by atoms with Gasteiger partial charge in [0.2, 0.25) is 11.9 Å². The van der Waals surface area contributed by atoms with Gasteiger partial charge in [-0.25, -0.2) is 0 Å². The summed E-state index contributed by atoms with van der Waals surface area (Å²) in [6, 6.07) is 15.2. The fourth-order valence-electron chi connectivity index (χ4n) is 3.85. The molecule has 1 aliphatic heterocycles. The van der Waals surface area contributed by atoms with E-state index in [0.717, 1.165) is 43.3 Å². The number of rotatable bonds is 9. The van der Waals surface area contributed by atoms with Gasteiger partial charge in [-0.2, -0.15) is 0 Å². The number of para-hydroxylation sites is 4. The summed E-state index contributed by atoms with van der Waals surface area (Å²) in [5.41, 5.74) is 1.51. The summed E-state index contributed by atoms with van der Waals surface area (Å²) in [4.78, 5) is 15.0. The Bertz CT molecular complexity index is 1080. The van der Waals surface area contributed by atoms with Gasteiger partial charge in [-0.1, -0.05) is 36.0 Å². The quantitative estimate of drug-likeness (QED) is 0.467. The average Bonchev–Trinajstić information content (AvgIpc) is 3.28. The molecule has 1 N–H and O–H groups in total. The normalized spacial score (nSPS) is 13.6. The molecule has 1 saturated heterocycles. The number of hydrogen-bond donors (Lipinski definition) is 1. The first-order valence-corrected chi connectivity index (χ1v) is 12.2. The molecule has 9 heteroatoms. The maximum atomic E-state index is 12.7. The zero-order valence-corrected chi connectivity index (χ0v) is 19.8. The number of aromatic nitrogens is 3. The van der Waals surface area contributed by atoms with Crippen LogP contribution < -0.4 is 19.7 Å². The Labute approximate surface area is 198 Å². The molecule has 1 fully saturated rings. The fraction of sp³-hybridized carbons (Fsp3) is 0.375. The number of carbonyl (C=O) groups is 1. The van der Waals surface area contributed by atoms with Gasteiger partial charge in [0.1, 0.15) is 11.5 Å². The van der Waals surface area contributed by atoms with Crippen molar-refractivity contribution in [3.05, 3.63) is 48.5 Å². The molecule has 0 spiro atoms. The van der Waals surface area contributed by atoms with Gasteiger partial charge in [0.25, 0.3) is 0 Å². The minimum atomic E-state index is -0.138. The van der Waals surface area contributed by atoms with Crippen LogP contribution in [-0.4, -0.2) is 53.2 Å². The van der Waals surface area contributed by atoms with E-state index in [1.165, 1.54) is 18.2 Å². The highest BCUT2D eigenvalue weighted by atomic mass is 32.2. The summed E-state index contributed by atoms with van der Waals surface area (Å²) >= 11 is 1.35. The molecule has 4 rings (SSSR count). The zero-order chi connectivity index (χ0) is 23.0. The molecule has 1 aliphatic rings. The van der Waals surface area contributed by atoms with Crippen LogP contribution in [0.2, 0.25) is 0 Å². The van der Waals surface area contributed by atoms with Crippen molar-refractivity contribution in [3.8, 4) is 17.2 Å². The molecule has 8 nitrogen and oxygen atoms in total. The predicted octanol–water partition coefficient (Wildman–Crippen LogP) is 4.40. The summed E-state index contributed by atoms with van der Waals surface area (Å²) in [7, 11) is 1.65. The Balaban J connectivity index is 1.56. The maximum absolute atomic E-state index is 12.7. The lowest BCUT2D eigenvalue weighted by Gasteiger charge is -2.28. The highest BCUT2D eigenvalue weighted by Crippen LogP contribution is 2.33. The molecule has 3 aromatic rings. The number of methoxy groups -OCH3 is 1. The number of hydrogen-bond acceptors (Lipinski definition) is 7. The highest BCUT2D eigenvalue weighted by Gasteiger charge is 2.24. The van der Waals surface area contributed by atoms with Crippen molar-refractivity contribution < 1.29 is 14.3 Å². The largest absolute Gasteiger partial charge is 0.495 e. The molecule has 174 valence electrons. The summed E-state index contributed by atoms with van der Waals surface area (Å²) in [5.74, 6) is 2.22. The van der Waals surface area contributed by atoms with Crippen LogP contribution in [-0.2, 0) is 4.79 Å². The van der Waals surface area contributed by atoms with Crippen LogP contribution >= 0.6 is 11.8 Å². The van der Waals surface area contributed by atoms with E-state index in [2.05, 4.69) is 20.4 Å². The summed E-state index contributed by atoms with van der Waals surface area (Å²) in [6.07, 6.45) is 3.48. The number of amides is 1. The molecule has 0 bridgehead atoms. The predicted molar refractivity (Wildman–Crippen MR) is 131 cm³/mol. The number of nitrogens with one attached hydrogen (secondary N) is 1. The van der Waals surface area contributed by atoms with E-state index in [1.807, 2.05) is 60.0 Å². The molecular formula is C24H29N5O3S. The molecule has 0 atom stereocenters. The van der Waals surface area contributed by atoms with E-state index in [9.17, 15) is 4.79 Å². The summed E-state index contributed by atoms with van der Waals surface area (Å²) in [6.45, 7) is 4.32. The van der Waals surface area contributed by atoms with Gasteiger partial charge in [-0.05, 0) is 50.5 Å². The summed E-state index contributed by atoms with van der Waals surface area (Å²) in [5, 5.41) is 12.5. The zero-order valence-electron chi connectivity index (χ0n) is 19.0. The van der Waals surface area contributed by atoms with E-state index in [-0.39, 0.29) is 11.7 Å². The number of benzene rings is 2. The Morgan fingerprint density at radius 1 is 1.03 bits per heavy atom. The second-order valence-corrected chi connectivity index (χ2v) is 8.55. The van der Waals surface area contributed by atoms with Crippen LogP contribution in [0.1, 0.15) is 26.2 Å².